The van der Waals surface area contributed by atoms with E-state index in [-0.39, 0.29) is 5.56 Å². The van der Waals surface area contributed by atoms with Crippen molar-refractivity contribution in [3.05, 3.63) is 22.7 Å². The smallest absolute Gasteiger partial charge is 0.293 e. The molecule has 0 aliphatic rings. The van der Waals surface area contributed by atoms with Gasteiger partial charge in [-0.15, -0.1) is 0 Å². The maximum atomic E-state index is 11.6. The number of aromatic nitrogens is 2. The first kappa shape index (κ1) is 12.7. The summed E-state index contributed by atoms with van der Waals surface area (Å²) in [5, 5.41) is 3.09. The second kappa shape index (κ2) is 6.27. The number of hydrogen-bond donors (Lipinski definition) is 2. The Labute approximate surface area is 95.7 Å². The molecule has 1 atom stereocenters. The summed E-state index contributed by atoms with van der Waals surface area (Å²) in [4.78, 5) is 15.7. The van der Waals surface area contributed by atoms with Crippen LogP contribution in [0, 0.1) is 5.92 Å². The number of nitrogens with two attached hydrogens (primary N) is 1. The molecule has 1 unspecified atom stereocenters. The predicted octanol–water partition coefficient (Wildman–Crippen LogP) is 0.567. The third-order valence-electron chi connectivity index (χ3n) is 2.73. The average molecular weight is 224 g/mol. The average Bonchev–Trinajstić information content (AvgIpc) is 2.29. The zero-order chi connectivity index (χ0) is 12.0. The molecule has 0 amide bonds. The first-order valence-electron chi connectivity index (χ1n) is 5.64. The van der Waals surface area contributed by atoms with Crippen LogP contribution in [0.2, 0.25) is 0 Å². The molecule has 1 heterocycles. The Kier molecular flexibility index (Phi) is 4.98. The molecule has 5 heteroatoms. The van der Waals surface area contributed by atoms with Gasteiger partial charge in [-0.05, 0) is 18.9 Å². The molecule has 1 rings (SSSR count). The molecule has 90 valence electrons. The molecule has 0 aromatic carbocycles. The number of nitrogens with zero attached hydrogens (tertiary/aromatic N) is 2. The SMILES string of the molecule is CCC(CCN)CNc1nccn(C)c1=O. The highest BCUT2D eigenvalue weighted by Crippen LogP contribution is 2.07. The minimum Gasteiger partial charge on any atom is -0.365 e. The van der Waals surface area contributed by atoms with Crippen molar-refractivity contribution >= 4 is 5.82 Å². The van der Waals surface area contributed by atoms with E-state index < -0.39 is 0 Å². The lowest BCUT2D eigenvalue weighted by molar-refractivity contribution is 0.500. The Morgan fingerprint density at radius 1 is 1.62 bits per heavy atom. The van der Waals surface area contributed by atoms with Gasteiger partial charge < -0.3 is 15.6 Å². The molecule has 0 spiro atoms. The molecule has 0 bridgehead atoms. The van der Waals surface area contributed by atoms with Gasteiger partial charge >= 0.3 is 0 Å². The maximum absolute atomic E-state index is 11.6. The van der Waals surface area contributed by atoms with E-state index >= 15 is 0 Å². The molecule has 0 aliphatic heterocycles. The quantitative estimate of drug-likeness (QED) is 0.741. The highest BCUT2D eigenvalue weighted by molar-refractivity contribution is 5.30. The minimum atomic E-state index is -0.0925. The molecule has 5 nitrogen and oxygen atoms in total. The molecule has 0 saturated heterocycles. The fraction of sp³-hybridized carbons (Fsp3) is 0.636. The van der Waals surface area contributed by atoms with Crippen LogP contribution in [0.3, 0.4) is 0 Å². The molecule has 1 aromatic rings. The molecular formula is C11H20N4O. The number of aryl methyl sites for hydroxylation is 1. The summed E-state index contributed by atoms with van der Waals surface area (Å²) < 4.78 is 1.51. The van der Waals surface area contributed by atoms with Gasteiger partial charge in [0.2, 0.25) is 0 Å². The Hall–Kier alpha value is -1.36. The van der Waals surface area contributed by atoms with Crippen LogP contribution >= 0.6 is 0 Å². The summed E-state index contributed by atoms with van der Waals surface area (Å²) in [5.41, 5.74) is 5.43. The molecule has 16 heavy (non-hydrogen) atoms. The van der Waals surface area contributed by atoms with Gasteiger partial charge in [-0.2, -0.15) is 0 Å². The van der Waals surface area contributed by atoms with Crippen molar-refractivity contribution in [3.63, 3.8) is 0 Å². The Bertz CT molecular complexity index is 374. The van der Waals surface area contributed by atoms with Crippen LogP contribution < -0.4 is 16.6 Å². The fourth-order valence-corrected chi connectivity index (χ4v) is 1.55. The lowest BCUT2D eigenvalue weighted by atomic mass is 10.0. The van der Waals surface area contributed by atoms with Gasteiger partial charge in [0.15, 0.2) is 5.82 Å². The van der Waals surface area contributed by atoms with Crippen LogP contribution in [0.25, 0.3) is 0 Å². The summed E-state index contributed by atoms with van der Waals surface area (Å²) in [5.74, 6) is 0.914. The second-order valence-electron chi connectivity index (χ2n) is 3.92. The summed E-state index contributed by atoms with van der Waals surface area (Å²) in [6.45, 7) is 3.55. The first-order chi connectivity index (χ1) is 7.69. The van der Waals surface area contributed by atoms with Crippen molar-refractivity contribution in [2.24, 2.45) is 18.7 Å². The van der Waals surface area contributed by atoms with Gasteiger partial charge in [0.05, 0.1) is 0 Å². The van der Waals surface area contributed by atoms with E-state index in [4.69, 9.17) is 5.73 Å². The Morgan fingerprint density at radius 3 is 3.00 bits per heavy atom. The highest BCUT2D eigenvalue weighted by Gasteiger charge is 2.07. The van der Waals surface area contributed by atoms with Gasteiger partial charge in [-0.1, -0.05) is 13.3 Å². The third-order valence-corrected chi connectivity index (χ3v) is 2.73. The van der Waals surface area contributed by atoms with Crippen molar-refractivity contribution in [1.29, 1.82) is 0 Å². The first-order valence-corrected chi connectivity index (χ1v) is 5.64. The fourth-order valence-electron chi connectivity index (χ4n) is 1.55. The summed E-state index contributed by atoms with van der Waals surface area (Å²) >= 11 is 0. The Morgan fingerprint density at radius 2 is 2.38 bits per heavy atom. The van der Waals surface area contributed by atoms with Crippen LogP contribution in [0.4, 0.5) is 5.82 Å². The van der Waals surface area contributed by atoms with Crippen molar-refractivity contribution in [3.8, 4) is 0 Å². The van der Waals surface area contributed by atoms with Crippen molar-refractivity contribution in [2.45, 2.75) is 19.8 Å². The van der Waals surface area contributed by atoms with Gasteiger partial charge in [-0.25, -0.2) is 4.98 Å². The van der Waals surface area contributed by atoms with Crippen LogP contribution in [0.5, 0.6) is 0 Å². The van der Waals surface area contributed by atoms with E-state index in [2.05, 4.69) is 17.2 Å². The van der Waals surface area contributed by atoms with Crippen molar-refractivity contribution in [2.75, 3.05) is 18.4 Å². The number of rotatable bonds is 6. The minimum absolute atomic E-state index is 0.0925. The molecule has 0 fully saturated rings. The summed E-state index contributed by atoms with van der Waals surface area (Å²) in [6.07, 6.45) is 5.28. The highest BCUT2D eigenvalue weighted by atomic mass is 16.1. The summed E-state index contributed by atoms with van der Waals surface area (Å²) in [7, 11) is 1.71. The topological polar surface area (TPSA) is 72.9 Å². The number of anilines is 1. The van der Waals surface area contributed by atoms with Crippen molar-refractivity contribution in [1.82, 2.24) is 9.55 Å². The third kappa shape index (κ3) is 3.34. The van der Waals surface area contributed by atoms with Crippen LogP contribution in [0.15, 0.2) is 17.2 Å². The van der Waals surface area contributed by atoms with Crippen LogP contribution in [-0.2, 0) is 7.05 Å². The van der Waals surface area contributed by atoms with Crippen LogP contribution in [0.1, 0.15) is 19.8 Å². The lowest BCUT2D eigenvalue weighted by Gasteiger charge is -2.14. The molecule has 0 radical (unpaired) electrons. The normalized spacial score (nSPS) is 12.4. The maximum Gasteiger partial charge on any atom is 0.293 e. The zero-order valence-electron chi connectivity index (χ0n) is 9.94. The predicted molar refractivity (Wildman–Crippen MR) is 65.4 cm³/mol. The monoisotopic (exact) mass is 224 g/mol. The second-order valence-corrected chi connectivity index (χ2v) is 3.92. The molecule has 1 aromatic heterocycles. The van der Waals surface area contributed by atoms with E-state index in [1.807, 2.05) is 0 Å². The number of hydrogen-bond acceptors (Lipinski definition) is 4. The summed E-state index contributed by atoms with van der Waals surface area (Å²) in [6, 6.07) is 0. The molecule has 3 N–H and O–H groups in total. The molecule has 0 aliphatic carbocycles. The standard InChI is InChI=1S/C11H20N4O/c1-3-9(4-5-12)8-14-10-11(16)15(2)7-6-13-10/h6-7,9H,3-5,8,12H2,1-2H3,(H,13,14). The lowest BCUT2D eigenvalue weighted by Crippen LogP contribution is -2.25. The van der Waals surface area contributed by atoms with Gasteiger partial charge in [-0.3, -0.25) is 4.79 Å². The largest absolute Gasteiger partial charge is 0.365 e. The zero-order valence-corrected chi connectivity index (χ0v) is 9.94. The van der Waals surface area contributed by atoms with E-state index in [1.165, 1.54) is 4.57 Å². The van der Waals surface area contributed by atoms with E-state index in [1.54, 1.807) is 19.4 Å². The number of nitrogens with one attached hydrogen (secondary N) is 1. The van der Waals surface area contributed by atoms with Crippen molar-refractivity contribution < 1.29 is 0 Å². The molecular weight excluding hydrogens is 204 g/mol. The van der Waals surface area contributed by atoms with Gasteiger partial charge in [0.25, 0.3) is 5.56 Å². The van der Waals surface area contributed by atoms with Gasteiger partial charge in [0, 0.05) is 26.0 Å². The van der Waals surface area contributed by atoms with Crippen LogP contribution in [-0.4, -0.2) is 22.6 Å². The van der Waals surface area contributed by atoms with E-state index in [0.29, 0.717) is 18.3 Å². The van der Waals surface area contributed by atoms with E-state index in [0.717, 1.165) is 19.4 Å². The van der Waals surface area contributed by atoms with Gasteiger partial charge in [0.1, 0.15) is 0 Å². The Balaban J connectivity index is 2.60. The molecule has 0 saturated carbocycles. The van der Waals surface area contributed by atoms with E-state index in [9.17, 15) is 4.79 Å².